The molecule has 0 bridgehead atoms. The Kier molecular flexibility index (Phi) is 9.03. The minimum absolute atomic E-state index is 0.408. The predicted molar refractivity (Wildman–Crippen MR) is 135 cm³/mol. The van der Waals surface area contributed by atoms with Crippen LogP contribution in [0.15, 0.2) is 66.7 Å². The van der Waals surface area contributed by atoms with E-state index in [2.05, 4.69) is 55.1 Å². The normalized spacial score (nSPS) is 12.3. The summed E-state index contributed by atoms with van der Waals surface area (Å²) >= 11 is 0. The smallest absolute Gasteiger partial charge is 0.120 e. The third kappa shape index (κ3) is 6.78. The van der Waals surface area contributed by atoms with E-state index in [1.54, 1.807) is 13.2 Å². The molecule has 0 aromatic heterocycles. The molecule has 1 aliphatic carbocycles. The number of nitrogens with zero attached hydrogens (tertiary/aromatic N) is 1. The molecular formula is C29H37NO2. The molecule has 0 spiro atoms. The van der Waals surface area contributed by atoms with E-state index in [1.165, 1.54) is 53.6 Å². The summed E-state index contributed by atoms with van der Waals surface area (Å²) in [5.74, 6) is 1.31. The lowest BCUT2D eigenvalue weighted by atomic mass is 9.92. The van der Waals surface area contributed by atoms with E-state index < -0.39 is 0 Å². The zero-order chi connectivity index (χ0) is 22.8. The first kappa shape index (κ1) is 23.7. The number of hydrogen-bond donors (Lipinski definition) is 1. The van der Waals surface area contributed by atoms with Gasteiger partial charge in [0.1, 0.15) is 11.5 Å². The van der Waals surface area contributed by atoms with Crippen LogP contribution in [0.25, 0.3) is 0 Å². The van der Waals surface area contributed by atoms with Gasteiger partial charge >= 0.3 is 0 Å². The first-order valence-corrected chi connectivity index (χ1v) is 11.9. The molecular weight excluding hydrogens is 394 g/mol. The van der Waals surface area contributed by atoms with Crippen molar-refractivity contribution in [2.45, 2.75) is 58.9 Å². The summed E-state index contributed by atoms with van der Waals surface area (Å²) in [7, 11) is 1.71. The second-order valence-electron chi connectivity index (χ2n) is 8.44. The van der Waals surface area contributed by atoms with E-state index in [1.807, 2.05) is 24.3 Å². The topological polar surface area (TPSA) is 32.7 Å². The van der Waals surface area contributed by atoms with Gasteiger partial charge in [-0.25, -0.2) is 0 Å². The van der Waals surface area contributed by atoms with E-state index in [4.69, 9.17) is 4.74 Å². The van der Waals surface area contributed by atoms with E-state index >= 15 is 0 Å². The fourth-order valence-electron chi connectivity index (χ4n) is 4.23. The second kappa shape index (κ2) is 12.2. The highest BCUT2D eigenvalue weighted by atomic mass is 16.5. The Hall–Kier alpha value is -2.94. The van der Waals surface area contributed by atoms with Crippen LogP contribution in [0.3, 0.4) is 0 Å². The molecule has 0 radical (unpaired) electrons. The van der Waals surface area contributed by atoms with Gasteiger partial charge in [-0.15, -0.1) is 0 Å². The van der Waals surface area contributed by atoms with Crippen molar-refractivity contribution in [3.63, 3.8) is 0 Å². The minimum Gasteiger partial charge on any atom is -0.508 e. The van der Waals surface area contributed by atoms with Crippen LogP contribution in [0.4, 0.5) is 5.69 Å². The summed E-state index contributed by atoms with van der Waals surface area (Å²) < 4.78 is 5.32. The van der Waals surface area contributed by atoms with Crippen molar-refractivity contribution in [1.82, 2.24) is 0 Å². The van der Waals surface area contributed by atoms with Crippen molar-refractivity contribution in [1.29, 1.82) is 0 Å². The lowest BCUT2D eigenvalue weighted by Gasteiger charge is -2.23. The molecule has 3 nitrogen and oxygen atoms in total. The third-order valence-electron chi connectivity index (χ3n) is 6.07. The molecule has 1 aliphatic rings. The van der Waals surface area contributed by atoms with Gasteiger partial charge in [0.15, 0.2) is 0 Å². The van der Waals surface area contributed by atoms with Crippen molar-refractivity contribution in [3.8, 4) is 11.5 Å². The number of methoxy groups -OCH3 is 1. The fraction of sp³-hybridized carbons (Fsp3) is 0.379. The standard InChI is InChI=1S/C19H25NO.C10H12O/c1-4-7-16-10-12-17(13-11-16)15-20(5-2)18-8-6-9-19(14-18)21-3;11-10-6-5-8-3-1-2-4-9(8)7-10/h6,8-14H,4-5,7,15H2,1-3H3;5-7,11H,1-4H2. The van der Waals surface area contributed by atoms with E-state index in [9.17, 15) is 5.11 Å². The zero-order valence-electron chi connectivity index (χ0n) is 19.8. The Bertz CT molecular complexity index is 965. The molecule has 0 amide bonds. The number of anilines is 1. The van der Waals surface area contributed by atoms with Gasteiger partial charge < -0.3 is 14.7 Å². The molecule has 0 heterocycles. The SMILES string of the molecule is CCCc1ccc(CN(CC)c2cccc(OC)c2)cc1.Oc1ccc2c(c1)CCCC2. The minimum atomic E-state index is 0.408. The second-order valence-corrected chi connectivity index (χ2v) is 8.44. The zero-order valence-corrected chi connectivity index (χ0v) is 19.8. The lowest BCUT2D eigenvalue weighted by Crippen LogP contribution is -2.21. The first-order valence-electron chi connectivity index (χ1n) is 11.9. The summed E-state index contributed by atoms with van der Waals surface area (Å²) in [6.07, 6.45) is 7.27. The average molecular weight is 432 g/mol. The summed E-state index contributed by atoms with van der Waals surface area (Å²) in [6.45, 7) is 6.31. The molecule has 170 valence electrons. The Balaban J connectivity index is 0.000000219. The molecule has 32 heavy (non-hydrogen) atoms. The van der Waals surface area contributed by atoms with Crippen molar-refractivity contribution >= 4 is 5.69 Å². The number of fused-ring (bicyclic) bond motifs is 1. The highest BCUT2D eigenvalue weighted by Gasteiger charge is 2.08. The number of hydrogen-bond acceptors (Lipinski definition) is 3. The number of benzene rings is 3. The van der Waals surface area contributed by atoms with Crippen molar-refractivity contribution in [2.75, 3.05) is 18.6 Å². The number of phenolic OH excluding ortho intramolecular Hbond substituents is 1. The van der Waals surface area contributed by atoms with Crippen LogP contribution in [0.5, 0.6) is 11.5 Å². The van der Waals surface area contributed by atoms with E-state index in [0.29, 0.717) is 5.75 Å². The molecule has 3 heteroatoms. The van der Waals surface area contributed by atoms with Gasteiger partial charge in [0.05, 0.1) is 7.11 Å². The van der Waals surface area contributed by atoms with Crippen LogP contribution in [-0.2, 0) is 25.8 Å². The molecule has 0 unspecified atom stereocenters. The monoisotopic (exact) mass is 431 g/mol. The van der Waals surface area contributed by atoms with Gasteiger partial charge in [-0.1, -0.05) is 49.7 Å². The summed E-state index contributed by atoms with van der Waals surface area (Å²) in [5.41, 5.74) is 6.74. The molecule has 0 aliphatic heterocycles. The van der Waals surface area contributed by atoms with Crippen LogP contribution < -0.4 is 9.64 Å². The number of rotatable bonds is 7. The number of aryl methyl sites for hydroxylation is 3. The van der Waals surface area contributed by atoms with Crippen LogP contribution in [0.1, 0.15) is 55.4 Å². The maximum atomic E-state index is 9.19. The lowest BCUT2D eigenvalue weighted by molar-refractivity contribution is 0.415. The van der Waals surface area contributed by atoms with Gasteiger partial charge in [0.25, 0.3) is 0 Å². The van der Waals surface area contributed by atoms with Gasteiger partial charge in [-0.3, -0.25) is 0 Å². The number of aromatic hydroxyl groups is 1. The molecule has 0 saturated heterocycles. The predicted octanol–water partition coefficient (Wildman–Crippen LogP) is 6.95. The van der Waals surface area contributed by atoms with Crippen LogP contribution in [0, 0.1) is 0 Å². The van der Waals surface area contributed by atoms with Gasteiger partial charge in [-0.05, 0) is 85.5 Å². The molecule has 3 aromatic carbocycles. The molecule has 0 atom stereocenters. The summed E-state index contributed by atoms with van der Waals surface area (Å²) in [4.78, 5) is 2.36. The van der Waals surface area contributed by atoms with Crippen molar-refractivity contribution in [2.24, 2.45) is 0 Å². The highest BCUT2D eigenvalue weighted by molar-refractivity contribution is 5.51. The average Bonchev–Trinajstić information content (AvgIpc) is 2.84. The molecule has 3 aromatic rings. The highest BCUT2D eigenvalue weighted by Crippen LogP contribution is 2.24. The van der Waals surface area contributed by atoms with Gasteiger partial charge in [0.2, 0.25) is 0 Å². The third-order valence-corrected chi connectivity index (χ3v) is 6.07. The Morgan fingerprint density at radius 2 is 1.56 bits per heavy atom. The van der Waals surface area contributed by atoms with Gasteiger partial charge in [0, 0.05) is 24.8 Å². The fourth-order valence-corrected chi connectivity index (χ4v) is 4.23. The molecule has 0 saturated carbocycles. The van der Waals surface area contributed by atoms with E-state index in [-0.39, 0.29) is 0 Å². The van der Waals surface area contributed by atoms with Crippen LogP contribution >= 0.6 is 0 Å². The molecule has 1 N–H and O–H groups in total. The van der Waals surface area contributed by atoms with Crippen LogP contribution in [-0.4, -0.2) is 18.8 Å². The molecule has 0 fully saturated rings. The Morgan fingerprint density at radius 1 is 0.844 bits per heavy atom. The van der Waals surface area contributed by atoms with Gasteiger partial charge in [-0.2, -0.15) is 0 Å². The maximum Gasteiger partial charge on any atom is 0.120 e. The Morgan fingerprint density at radius 3 is 2.25 bits per heavy atom. The molecule has 4 rings (SSSR count). The van der Waals surface area contributed by atoms with Crippen LogP contribution in [0.2, 0.25) is 0 Å². The Labute approximate surface area is 193 Å². The van der Waals surface area contributed by atoms with Crippen molar-refractivity contribution in [3.05, 3.63) is 89.0 Å². The number of phenols is 1. The van der Waals surface area contributed by atoms with Crippen molar-refractivity contribution < 1.29 is 9.84 Å². The largest absolute Gasteiger partial charge is 0.508 e. The summed E-state index contributed by atoms with van der Waals surface area (Å²) in [6, 6.07) is 23.0. The maximum absolute atomic E-state index is 9.19. The van der Waals surface area contributed by atoms with E-state index in [0.717, 1.165) is 31.7 Å². The summed E-state index contributed by atoms with van der Waals surface area (Å²) in [5, 5.41) is 9.19. The first-order chi connectivity index (χ1) is 15.6. The number of ether oxygens (including phenoxy) is 1. The quantitative estimate of drug-likeness (QED) is 0.439.